The van der Waals surface area contributed by atoms with Crippen LogP contribution < -0.4 is 26.5 Å². The van der Waals surface area contributed by atoms with Crippen molar-refractivity contribution in [2.24, 2.45) is 11.8 Å². The van der Waals surface area contributed by atoms with Gasteiger partial charge in [-0.05, 0) is 55.7 Å². The molecule has 7 aliphatic rings. The number of rotatable bonds is 13. The summed E-state index contributed by atoms with van der Waals surface area (Å²) in [5.74, 6) is -2.53. The van der Waals surface area contributed by atoms with Gasteiger partial charge in [-0.3, -0.25) is 24.5 Å². The number of nitrogens with zero attached hydrogens (tertiary/aromatic N) is 2. The summed E-state index contributed by atoms with van der Waals surface area (Å²) in [4.78, 5) is 52.2. The Kier molecular flexibility index (Phi) is 7.18. The summed E-state index contributed by atoms with van der Waals surface area (Å²) in [5.41, 5.74) is 0.113. The molecular formula is C33H40N6O8S. The van der Waals surface area contributed by atoms with Gasteiger partial charge in [-0.2, -0.15) is 22.6 Å². The number of nitrogens with one attached hydrogen (secondary N) is 4. The summed E-state index contributed by atoms with van der Waals surface area (Å²) >= 11 is 4.42. The van der Waals surface area contributed by atoms with Crippen LogP contribution in [0, 0.1) is 18.8 Å². The maximum Gasteiger partial charge on any atom is 0.311 e. The van der Waals surface area contributed by atoms with Crippen molar-refractivity contribution in [2.75, 3.05) is 12.4 Å². The number of aromatic nitrogens is 1. The van der Waals surface area contributed by atoms with Gasteiger partial charge in [0.1, 0.15) is 23.5 Å². The van der Waals surface area contributed by atoms with Gasteiger partial charge in [0.2, 0.25) is 5.91 Å². The van der Waals surface area contributed by atoms with Crippen LogP contribution in [-0.2, 0) is 25.6 Å². The number of carboxylic acids is 2. The van der Waals surface area contributed by atoms with Gasteiger partial charge in [0.05, 0.1) is 23.7 Å². The van der Waals surface area contributed by atoms with Crippen molar-refractivity contribution >= 4 is 48.2 Å². The molecule has 6 saturated heterocycles. The second-order valence-corrected chi connectivity index (χ2v) is 14.3. The van der Waals surface area contributed by atoms with Crippen molar-refractivity contribution in [3.63, 3.8) is 0 Å². The summed E-state index contributed by atoms with van der Waals surface area (Å²) in [5, 5.41) is 55.1. The molecule has 14 nitrogen and oxygen atoms in total. The third-order valence-electron chi connectivity index (χ3n) is 11.7. The Morgan fingerprint density at radius 3 is 2.42 bits per heavy atom. The van der Waals surface area contributed by atoms with E-state index in [-0.39, 0.29) is 48.9 Å². The van der Waals surface area contributed by atoms with E-state index in [1.54, 1.807) is 6.92 Å². The highest BCUT2D eigenvalue weighted by Gasteiger charge is 3.13. The fourth-order valence-corrected chi connectivity index (χ4v) is 9.51. The fourth-order valence-electron chi connectivity index (χ4n) is 9.24. The molecule has 7 atom stereocenters. The number of hydrogen-bond acceptors (Lipinski definition) is 10. The van der Waals surface area contributed by atoms with E-state index < -0.39 is 46.8 Å². The van der Waals surface area contributed by atoms with Gasteiger partial charge in [-0.1, -0.05) is 19.6 Å². The van der Waals surface area contributed by atoms with Gasteiger partial charge in [0.25, 0.3) is 5.91 Å². The molecule has 15 heteroatoms. The molecule has 0 aliphatic carbocycles. The van der Waals surface area contributed by atoms with E-state index in [1.807, 2.05) is 13.0 Å². The van der Waals surface area contributed by atoms with E-state index in [0.29, 0.717) is 51.6 Å². The Hall–Kier alpha value is -3.89. The van der Waals surface area contributed by atoms with Crippen molar-refractivity contribution in [2.45, 2.75) is 81.3 Å². The van der Waals surface area contributed by atoms with Crippen LogP contribution in [0.3, 0.4) is 0 Å². The second-order valence-electron chi connectivity index (χ2n) is 13.8. The van der Waals surface area contributed by atoms with Gasteiger partial charge in [0, 0.05) is 52.2 Å². The minimum Gasteiger partial charge on any atom is -0.511 e. The molecule has 48 heavy (non-hydrogen) atoms. The largest absolute Gasteiger partial charge is 0.511 e. The number of carbonyl (C=O) groups is 4. The number of hydrazine groups is 1. The van der Waals surface area contributed by atoms with Gasteiger partial charge < -0.3 is 36.0 Å². The Morgan fingerprint density at radius 1 is 1.10 bits per heavy atom. The highest BCUT2D eigenvalue weighted by Crippen LogP contribution is 2.90. The number of allylic oxidation sites excluding steroid dienone is 1. The molecule has 2 bridgehead atoms. The molecule has 8 N–H and O–H groups in total. The maximum absolute atomic E-state index is 12.7. The SMILES string of the molecule is C=CC1=C(CO)[C@@H](Cc2[nH]c(=C\C34N5N3C5(/C=C3\NC(=O)[C@H](C)[C@H]3CCS)[C@]3(C)N[C@]43CCC(=O)O)/c(=C(/O)CC(=O)O)c2C)NC1=O. The predicted molar refractivity (Wildman–Crippen MR) is 175 cm³/mol. The van der Waals surface area contributed by atoms with Crippen molar-refractivity contribution in [3.8, 4) is 0 Å². The number of aliphatic hydroxyl groups is 2. The number of carboxylic acid groups (broad SMARTS) is 2. The lowest BCUT2D eigenvalue weighted by molar-refractivity contribution is -0.137. The van der Waals surface area contributed by atoms with Gasteiger partial charge in [-0.25, -0.2) is 0 Å². The van der Waals surface area contributed by atoms with E-state index in [1.165, 1.54) is 6.08 Å². The van der Waals surface area contributed by atoms with E-state index >= 15 is 0 Å². The monoisotopic (exact) mass is 680 g/mol. The van der Waals surface area contributed by atoms with Crippen LogP contribution in [0.2, 0.25) is 0 Å². The number of aromatic amines is 1. The number of carbonyl (C=O) groups excluding carboxylic acids is 2. The highest BCUT2D eigenvalue weighted by atomic mass is 32.1. The van der Waals surface area contributed by atoms with Gasteiger partial charge >= 0.3 is 11.9 Å². The van der Waals surface area contributed by atoms with Crippen LogP contribution in [0.5, 0.6) is 0 Å². The zero-order valence-electron chi connectivity index (χ0n) is 26.9. The lowest BCUT2D eigenvalue weighted by Crippen LogP contribution is -2.49. The zero-order chi connectivity index (χ0) is 34.7. The molecule has 7 aliphatic heterocycles. The van der Waals surface area contributed by atoms with Crippen LogP contribution >= 0.6 is 12.6 Å². The third-order valence-corrected chi connectivity index (χ3v) is 11.9. The van der Waals surface area contributed by atoms with E-state index in [9.17, 15) is 39.6 Å². The summed E-state index contributed by atoms with van der Waals surface area (Å²) in [6, 6.07) is -0.551. The Bertz CT molecular complexity index is 1890. The Labute approximate surface area is 281 Å². The predicted octanol–water partition coefficient (Wildman–Crippen LogP) is -0.736. The average Bonchev–Trinajstić information content (AvgIpc) is 3.90. The smallest absolute Gasteiger partial charge is 0.311 e. The quantitative estimate of drug-likeness (QED) is 0.0935. The number of piperazine rings is 2. The van der Waals surface area contributed by atoms with E-state index in [4.69, 9.17) is 0 Å². The molecule has 0 radical (unpaired) electrons. The lowest BCUT2D eigenvalue weighted by Gasteiger charge is -2.26. The van der Waals surface area contributed by atoms with Gasteiger partial charge in [-0.15, -0.1) is 0 Å². The zero-order valence-corrected chi connectivity index (χ0v) is 27.8. The summed E-state index contributed by atoms with van der Waals surface area (Å²) < 4.78 is 0. The number of thiol groups is 1. The molecule has 256 valence electrons. The fraction of sp³-hybridized carbons (Fsp3) is 0.515. The Balaban J connectivity index is 1.34. The van der Waals surface area contributed by atoms with Crippen molar-refractivity contribution < 1.29 is 39.6 Å². The second kappa shape index (κ2) is 10.6. The van der Waals surface area contributed by atoms with E-state index in [2.05, 4.69) is 63.2 Å². The first-order valence-electron chi connectivity index (χ1n) is 16.1. The summed E-state index contributed by atoms with van der Waals surface area (Å²) in [6.07, 6.45) is 5.93. The summed E-state index contributed by atoms with van der Waals surface area (Å²) in [6.45, 7) is 9.03. The maximum atomic E-state index is 12.7. The number of amides is 2. The first-order chi connectivity index (χ1) is 22.7. The first-order valence-corrected chi connectivity index (χ1v) is 16.7. The van der Waals surface area contributed by atoms with Crippen molar-refractivity contribution in [1.82, 2.24) is 31.0 Å². The van der Waals surface area contributed by atoms with Crippen molar-refractivity contribution in [1.29, 1.82) is 0 Å². The molecule has 8 rings (SSSR count). The van der Waals surface area contributed by atoms with E-state index in [0.717, 1.165) is 5.70 Å². The molecule has 1 aromatic rings. The number of aliphatic carboxylic acids is 2. The van der Waals surface area contributed by atoms with Gasteiger partial charge in [0.15, 0.2) is 0 Å². The molecule has 0 aromatic carbocycles. The van der Waals surface area contributed by atoms with Crippen LogP contribution in [0.1, 0.15) is 50.8 Å². The standard InChI is InChI=1S/C33H40N6O8S/c1-5-17-19(14-40)21(35-29(17)47)10-20-16(3)27(24(41)11-26(44)45)23(34-20)13-33-31(8-6-25(42)43)30(4,37-31)32(38(33)39(32)33)12-22-18(7-9-48)15(2)28(46)36-22/h5,12-13,15,18,21,34,37,40-41,48H,1,6-11,14H2,2-4H3,(H,35,47)(H,36,46)(H,42,43)(H,44,45)/b22-12-,23-13-,27-24+/t15-,18-,21-,30-,31+,32?,33?,38?,39?/m1/s1. The van der Waals surface area contributed by atoms with Crippen LogP contribution in [0.15, 0.2) is 35.6 Å². The number of H-pyrrole nitrogens is 1. The van der Waals surface area contributed by atoms with Crippen LogP contribution in [0.25, 0.3) is 11.8 Å². The molecule has 6 fully saturated rings. The highest BCUT2D eigenvalue weighted by molar-refractivity contribution is 7.80. The molecule has 1 aromatic heterocycles. The summed E-state index contributed by atoms with van der Waals surface area (Å²) in [7, 11) is 0. The molecule has 8 heterocycles. The lowest BCUT2D eigenvalue weighted by atomic mass is 9.83. The molecule has 0 saturated carbocycles. The molecule has 0 spiro atoms. The molecule has 2 amide bonds. The van der Waals surface area contributed by atoms with Crippen LogP contribution in [0.4, 0.5) is 0 Å². The number of hydrogen-bond donors (Lipinski definition) is 9. The topological polar surface area (TPSA) is 217 Å². The minimum atomic E-state index is -1.21. The normalized spacial score (nSPS) is 40.1. The Morgan fingerprint density at radius 2 is 1.81 bits per heavy atom. The van der Waals surface area contributed by atoms with Crippen molar-refractivity contribution in [3.05, 3.63) is 57.4 Å². The minimum absolute atomic E-state index is 0.0279. The van der Waals surface area contributed by atoms with Crippen LogP contribution in [-0.4, -0.2) is 100.0 Å². The average molecular weight is 681 g/mol. The third kappa shape index (κ3) is 3.96. The number of aliphatic hydroxyl groups excluding tert-OH is 2. The first kappa shape index (κ1) is 32.6. The molecular weight excluding hydrogens is 640 g/mol. The molecule has 2 unspecified atom stereocenters.